The quantitative estimate of drug-likeness (QED) is 0.244. The predicted molar refractivity (Wildman–Crippen MR) is 90.7 cm³/mol. The topological polar surface area (TPSA) is 117 Å². The summed E-state index contributed by atoms with van der Waals surface area (Å²) in [6.07, 6.45) is 0.968. The van der Waals surface area contributed by atoms with Gasteiger partial charge in [-0.15, -0.1) is 12.4 Å². The van der Waals surface area contributed by atoms with Gasteiger partial charge in [-0.05, 0) is 31.9 Å². The zero-order valence-electron chi connectivity index (χ0n) is 13.0. The van der Waals surface area contributed by atoms with E-state index in [2.05, 4.69) is 10.6 Å². The first-order valence-corrected chi connectivity index (χ1v) is 7.15. The lowest BCUT2D eigenvalue weighted by molar-refractivity contribution is -0.145. The molecule has 0 radical (unpaired) electrons. The molecule has 0 aliphatic carbocycles. The van der Waals surface area contributed by atoms with E-state index < -0.39 is 12.0 Å². The molecule has 8 heteroatoms. The molecule has 0 bridgehead atoms. The summed E-state index contributed by atoms with van der Waals surface area (Å²) in [4.78, 5) is 24.0. The van der Waals surface area contributed by atoms with Crippen LogP contribution in [0.15, 0.2) is 30.3 Å². The fourth-order valence-electron chi connectivity index (χ4n) is 1.85. The monoisotopic (exact) mass is 342 g/mol. The molecule has 1 amide bonds. The molecular weight excluding hydrogens is 320 g/mol. The van der Waals surface area contributed by atoms with Gasteiger partial charge >= 0.3 is 5.97 Å². The van der Waals surface area contributed by atoms with Gasteiger partial charge in [0.2, 0.25) is 0 Å². The summed E-state index contributed by atoms with van der Waals surface area (Å²) >= 11 is 0. The van der Waals surface area contributed by atoms with Gasteiger partial charge in [-0.2, -0.15) is 0 Å². The number of halogens is 1. The Bertz CT molecular complexity index is 511. The van der Waals surface area contributed by atoms with Gasteiger partial charge in [-0.25, -0.2) is 4.79 Å². The molecule has 1 aromatic rings. The van der Waals surface area contributed by atoms with Gasteiger partial charge in [0, 0.05) is 12.1 Å². The summed E-state index contributed by atoms with van der Waals surface area (Å²) in [6.45, 7) is 2.42. The van der Waals surface area contributed by atoms with E-state index in [1.54, 1.807) is 31.2 Å². The van der Waals surface area contributed by atoms with Crippen LogP contribution >= 0.6 is 12.4 Å². The van der Waals surface area contributed by atoms with Crippen LogP contribution in [0.3, 0.4) is 0 Å². The number of hydrogen-bond acceptors (Lipinski definition) is 4. The zero-order chi connectivity index (χ0) is 16.4. The molecule has 1 atom stereocenters. The molecule has 0 aliphatic heterocycles. The molecule has 0 saturated heterocycles. The van der Waals surface area contributed by atoms with E-state index in [0.717, 1.165) is 0 Å². The highest BCUT2D eigenvalue weighted by Gasteiger charge is 2.22. The van der Waals surface area contributed by atoms with Crippen molar-refractivity contribution in [2.45, 2.75) is 25.8 Å². The van der Waals surface area contributed by atoms with Gasteiger partial charge in [0.25, 0.3) is 5.91 Å². The molecule has 0 spiro atoms. The second kappa shape index (κ2) is 11.3. The van der Waals surface area contributed by atoms with Crippen molar-refractivity contribution in [3.05, 3.63) is 35.9 Å². The Balaban J connectivity index is 0.00000484. The maximum atomic E-state index is 12.1. The lowest BCUT2D eigenvalue weighted by Crippen LogP contribution is -2.42. The fourth-order valence-corrected chi connectivity index (χ4v) is 1.85. The summed E-state index contributed by atoms with van der Waals surface area (Å²) < 4.78 is 4.98. The van der Waals surface area contributed by atoms with Gasteiger partial charge in [-0.1, -0.05) is 18.2 Å². The number of esters is 1. The Hall–Kier alpha value is -2.28. The SMILES string of the molecule is CCOC(=O)C(CCCNC(=N)N)NC(=O)c1ccccc1.Cl. The molecule has 0 heterocycles. The van der Waals surface area contributed by atoms with Crippen LogP contribution in [-0.4, -0.2) is 37.0 Å². The van der Waals surface area contributed by atoms with Crippen LogP contribution in [0.5, 0.6) is 0 Å². The third-order valence-corrected chi connectivity index (χ3v) is 2.90. The second-order valence-corrected chi connectivity index (χ2v) is 4.63. The molecule has 0 saturated carbocycles. The molecule has 1 unspecified atom stereocenters. The van der Waals surface area contributed by atoms with Crippen molar-refractivity contribution in [2.24, 2.45) is 5.73 Å². The highest BCUT2D eigenvalue weighted by molar-refractivity contribution is 5.96. The molecule has 23 heavy (non-hydrogen) atoms. The molecule has 1 rings (SSSR count). The van der Waals surface area contributed by atoms with Crippen LogP contribution in [0.1, 0.15) is 30.1 Å². The van der Waals surface area contributed by atoms with Crippen LogP contribution in [0.2, 0.25) is 0 Å². The Morgan fingerprint density at radius 2 is 1.96 bits per heavy atom. The third-order valence-electron chi connectivity index (χ3n) is 2.90. The van der Waals surface area contributed by atoms with E-state index in [1.165, 1.54) is 0 Å². The van der Waals surface area contributed by atoms with E-state index in [9.17, 15) is 9.59 Å². The van der Waals surface area contributed by atoms with Crippen LogP contribution in [0.25, 0.3) is 0 Å². The second-order valence-electron chi connectivity index (χ2n) is 4.63. The predicted octanol–water partition coefficient (Wildman–Crippen LogP) is 1.03. The summed E-state index contributed by atoms with van der Waals surface area (Å²) in [5.41, 5.74) is 5.67. The summed E-state index contributed by atoms with van der Waals surface area (Å²) in [6, 6.07) is 7.95. The minimum atomic E-state index is -0.721. The minimum absolute atomic E-state index is 0. The summed E-state index contributed by atoms with van der Waals surface area (Å²) in [7, 11) is 0. The number of amides is 1. The van der Waals surface area contributed by atoms with Crippen molar-refractivity contribution in [1.82, 2.24) is 10.6 Å². The number of rotatable bonds is 8. The molecule has 7 nitrogen and oxygen atoms in total. The minimum Gasteiger partial charge on any atom is -0.464 e. The van der Waals surface area contributed by atoms with E-state index >= 15 is 0 Å². The highest BCUT2D eigenvalue weighted by Crippen LogP contribution is 2.04. The summed E-state index contributed by atoms with van der Waals surface area (Å²) in [5, 5.41) is 12.4. The van der Waals surface area contributed by atoms with E-state index in [1.807, 2.05) is 6.07 Å². The fraction of sp³-hybridized carbons (Fsp3) is 0.400. The Labute approximate surface area is 141 Å². The molecule has 1 aromatic carbocycles. The molecule has 5 N–H and O–H groups in total. The van der Waals surface area contributed by atoms with E-state index in [4.69, 9.17) is 15.9 Å². The normalized spacial score (nSPS) is 10.8. The molecule has 0 fully saturated rings. The molecule has 0 aromatic heterocycles. The number of carbonyl (C=O) groups excluding carboxylic acids is 2. The zero-order valence-corrected chi connectivity index (χ0v) is 13.8. The number of nitrogens with one attached hydrogen (secondary N) is 3. The van der Waals surface area contributed by atoms with E-state index in [-0.39, 0.29) is 30.9 Å². The van der Waals surface area contributed by atoms with Crippen molar-refractivity contribution in [3.8, 4) is 0 Å². The molecule has 0 aliphatic rings. The van der Waals surface area contributed by atoms with Crippen molar-refractivity contribution in [2.75, 3.05) is 13.2 Å². The van der Waals surface area contributed by atoms with Gasteiger partial charge in [-0.3, -0.25) is 10.2 Å². The maximum Gasteiger partial charge on any atom is 0.328 e. The Morgan fingerprint density at radius 3 is 2.52 bits per heavy atom. The average Bonchev–Trinajstić information content (AvgIpc) is 2.51. The smallest absolute Gasteiger partial charge is 0.328 e. The Kier molecular flexibility index (Phi) is 10.2. The largest absolute Gasteiger partial charge is 0.464 e. The lowest BCUT2D eigenvalue weighted by atomic mass is 10.1. The van der Waals surface area contributed by atoms with Crippen LogP contribution in [0.4, 0.5) is 0 Å². The van der Waals surface area contributed by atoms with Crippen LogP contribution < -0.4 is 16.4 Å². The lowest BCUT2D eigenvalue weighted by Gasteiger charge is -2.17. The number of guanidine groups is 1. The van der Waals surface area contributed by atoms with Crippen molar-refractivity contribution in [3.63, 3.8) is 0 Å². The van der Waals surface area contributed by atoms with Crippen molar-refractivity contribution < 1.29 is 14.3 Å². The number of benzene rings is 1. The van der Waals surface area contributed by atoms with Crippen LogP contribution in [-0.2, 0) is 9.53 Å². The number of ether oxygens (including phenoxy) is 1. The van der Waals surface area contributed by atoms with Crippen molar-refractivity contribution >= 4 is 30.2 Å². The Morgan fingerprint density at radius 1 is 1.30 bits per heavy atom. The highest BCUT2D eigenvalue weighted by atomic mass is 35.5. The molecular formula is C15H23ClN4O3. The van der Waals surface area contributed by atoms with Gasteiger partial charge in [0.15, 0.2) is 5.96 Å². The van der Waals surface area contributed by atoms with Gasteiger partial charge < -0.3 is 21.1 Å². The van der Waals surface area contributed by atoms with E-state index in [0.29, 0.717) is 24.9 Å². The first-order valence-electron chi connectivity index (χ1n) is 7.15. The number of nitrogens with two attached hydrogens (primary N) is 1. The van der Waals surface area contributed by atoms with Crippen molar-refractivity contribution in [1.29, 1.82) is 5.41 Å². The van der Waals surface area contributed by atoms with Crippen LogP contribution in [0, 0.1) is 5.41 Å². The number of carbonyl (C=O) groups is 2. The van der Waals surface area contributed by atoms with Gasteiger partial charge in [0.1, 0.15) is 6.04 Å². The standard InChI is InChI=1S/C15H22N4O3.ClH/c1-2-22-14(21)12(9-6-10-18-15(16)17)19-13(20)11-7-4-3-5-8-11;/h3-5,7-8,12H,2,6,9-10H2,1H3,(H,19,20)(H4,16,17,18);1H. The summed E-state index contributed by atoms with van der Waals surface area (Å²) in [5.74, 6) is -0.909. The first-order chi connectivity index (χ1) is 10.5. The maximum absolute atomic E-state index is 12.1. The number of hydrogen-bond donors (Lipinski definition) is 4. The molecule has 128 valence electrons. The third kappa shape index (κ3) is 8.06. The average molecular weight is 343 g/mol. The van der Waals surface area contributed by atoms with Gasteiger partial charge in [0.05, 0.1) is 6.61 Å². The first kappa shape index (κ1) is 20.7.